The number of fused-ring (bicyclic) bond motifs is 1. The molecule has 0 spiro atoms. The van der Waals surface area contributed by atoms with Crippen molar-refractivity contribution >= 4 is 32.9 Å². The molecule has 0 unspecified atom stereocenters. The second kappa shape index (κ2) is 10.2. The summed E-state index contributed by atoms with van der Waals surface area (Å²) >= 11 is 1.69. The average Bonchev–Trinajstić information content (AvgIpc) is 3.13. The van der Waals surface area contributed by atoms with Gasteiger partial charge in [-0.2, -0.15) is 0 Å². The summed E-state index contributed by atoms with van der Waals surface area (Å²) in [5.74, 6) is 2.94. The quantitative estimate of drug-likeness (QED) is 0.324. The highest BCUT2D eigenvalue weighted by atomic mass is 32.3. The maximum Gasteiger partial charge on any atom is 0.217 e. The molecule has 0 aliphatic carbocycles. The molecule has 140 valence electrons. The zero-order valence-corrected chi connectivity index (χ0v) is 17.1. The van der Waals surface area contributed by atoms with E-state index in [1.165, 1.54) is 40.7 Å². The first-order chi connectivity index (χ1) is 11.6. The number of benzene rings is 2. The zero-order chi connectivity index (χ0) is 18.9. The molecule has 4 nitrogen and oxygen atoms in total. The van der Waals surface area contributed by atoms with Gasteiger partial charge in [0.2, 0.25) is 10.4 Å². The summed E-state index contributed by atoms with van der Waals surface area (Å²) < 4.78 is 31.0. The predicted octanol–water partition coefficient (Wildman–Crippen LogP) is 3.83. The largest absolute Gasteiger partial charge is 0.726 e. The first-order valence-corrected chi connectivity index (χ1v) is 10.9. The third-order valence-corrected chi connectivity index (χ3v) is 5.36. The summed E-state index contributed by atoms with van der Waals surface area (Å²) in [4.78, 5) is 0. The van der Waals surface area contributed by atoms with Crippen molar-refractivity contribution in [3.63, 3.8) is 0 Å². The van der Waals surface area contributed by atoms with E-state index >= 15 is 0 Å². The second-order valence-electron chi connectivity index (χ2n) is 6.73. The Balaban J connectivity index is 0.000000235. The number of rotatable bonds is 1. The Hall–Kier alpha value is -1.08. The Labute approximate surface area is 155 Å². The van der Waals surface area contributed by atoms with Crippen molar-refractivity contribution in [1.29, 1.82) is 0 Å². The molecule has 0 N–H and O–H groups in total. The fourth-order valence-corrected chi connectivity index (χ4v) is 3.56. The summed E-state index contributed by atoms with van der Waals surface area (Å²) in [6, 6.07) is 15.1. The lowest BCUT2D eigenvalue weighted by Crippen LogP contribution is -2.11. The van der Waals surface area contributed by atoms with Crippen LogP contribution in [0.5, 0.6) is 0 Å². The molecule has 3 rings (SSSR count). The van der Waals surface area contributed by atoms with Gasteiger partial charge in [-0.1, -0.05) is 63.2 Å². The van der Waals surface area contributed by atoms with Gasteiger partial charge in [0.25, 0.3) is 0 Å². The molecule has 0 radical (unpaired) electrons. The second-order valence-corrected chi connectivity index (χ2v) is 9.22. The number of hydrogen-bond donors (Lipinski definition) is 0. The highest BCUT2D eigenvalue weighted by Gasteiger charge is 2.15. The lowest BCUT2D eigenvalue weighted by molar-refractivity contribution is 0.314. The van der Waals surface area contributed by atoms with Crippen LogP contribution in [-0.2, 0) is 31.8 Å². The lowest BCUT2D eigenvalue weighted by Gasteiger charge is -2.21. The van der Waals surface area contributed by atoms with Gasteiger partial charge in [-0.15, -0.1) is 0 Å². The van der Waals surface area contributed by atoms with Gasteiger partial charge < -0.3 is 4.55 Å². The lowest BCUT2D eigenvalue weighted by atomic mass is 9.84. The molecule has 0 atom stereocenters. The van der Waals surface area contributed by atoms with Crippen LogP contribution in [0.1, 0.15) is 39.2 Å². The van der Waals surface area contributed by atoms with Crippen LogP contribution in [0, 0.1) is 0 Å². The molecule has 0 amide bonds. The van der Waals surface area contributed by atoms with E-state index in [0.717, 1.165) is 7.11 Å². The van der Waals surface area contributed by atoms with E-state index in [1.54, 1.807) is 11.8 Å². The van der Waals surface area contributed by atoms with Gasteiger partial charge in [-0.05, 0) is 46.4 Å². The van der Waals surface area contributed by atoms with Gasteiger partial charge >= 0.3 is 0 Å². The van der Waals surface area contributed by atoms with Crippen LogP contribution in [0.25, 0.3) is 10.8 Å². The Morgan fingerprint density at radius 1 is 1.00 bits per heavy atom. The van der Waals surface area contributed by atoms with Crippen molar-refractivity contribution in [3.8, 4) is 0 Å². The molecular formula is C19H28O4S2. The summed E-state index contributed by atoms with van der Waals surface area (Å²) in [6.45, 7) is 6.78. The van der Waals surface area contributed by atoms with Crippen molar-refractivity contribution in [2.24, 2.45) is 0 Å². The number of hydrogen-bond acceptors (Lipinski definition) is 4. The van der Waals surface area contributed by atoms with Crippen LogP contribution in [0.2, 0.25) is 0 Å². The number of thiol groups is 1. The van der Waals surface area contributed by atoms with Crippen molar-refractivity contribution < 1.29 is 17.2 Å². The molecule has 0 saturated carbocycles. The van der Waals surface area contributed by atoms with E-state index in [1.807, 2.05) is 0 Å². The van der Waals surface area contributed by atoms with E-state index in [0.29, 0.717) is 0 Å². The Morgan fingerprint density at radius 2 is 1.52 bits per heavy atom. The first-order valence-electron chi connectivity index (χ1n) is 8.28. The highest BCUT2D eigenvalue weighted by molar-refractivity contribution is 7.80. The minimum absolute atomic E-state index is 0.223. The first kappa shape index (κ1) is 22.0. The summed E-state index contributed by atoms with van der Waals surface area (Å²) in [7, 11) is -3.60. The van der Waals surface area contributed by atoms with Gasteiger partial charge in [0.05, 0.1) is 7.11 Å². The van der Waals surface area contributed by atoms with E-state index in [4.69, 9.17) is 0 Å². The van der Waals surface area contributed by atoms with Crippen LogP contribution >= 0.6 is 0 Å². The minimum atomic E-state index is -4.41. The van der Waals surface area contributed by atoms with E-state index in [9.17, 15) is 13.0 Å². The van der Waals surface area contributed by atoms with Crippen molar-refractivity contribution in [2.75, 3.05) is 18.6 Å². The van der Waals surface area contributed by atoms with Gasteiger partial charge in [0.1, 0.15) is 11.5 Å². The fraction of sp³-hybridized carbons (Fsp3) is 0.474. The normalized spacial score (nSPS) is 14.3. The van der Waals surface area contributed by atoms with Gasteiger partial charge in [0, 0.05) is 0 Å². The molecule has 1 aliphatic rings. The van der Waals surface area contributed by atoms with Crippen LogP contribution in [-0.4, -0.2) is 31.6 Å². The molecule has 1 heterocycles. The molecule has 2 aromatic carbocycles. The molecule has 1 fully saturated rings. The molecule has 0 bridgehead atoms. The molecule has 1 aliphatic heterocycles. The molecule has 2 aromatic rings. The SMILES string of the molecule is C1CC[SH+]C1.CC(C)(C)c1cccc2ccccc12.COS(=O)(=O)[O-]. The molecule has 6 heteroatoms. The van der Waals surface area contributed by atoms with E-state index in [2.05, 4.69) is 67.4 Å². The summed E-state index contributed by atoms with van der Waals surface area (Å²) in [5, 5.41) is 2.71. The summed E-state index contributed by atoms with van der Waals surface area (Å²) in [6.07, 6.45) is 2.98. The smallest absolute Gasteiger partial charge is 0.217 e. The Bertz CT molecular complexity index is 732. The van der Waals surface area contributed by atoms with Crippen LogP contribution in [0.4, 0.5) is 0 Å². The van der Waals surface area contributed by atoms with Gasteiger partial charge in [-0.25, -0.2) is 8.42 Å². The van der Waals surface area contributed by atoms with Crippen LogP contribution < -0.4 is 0 Å². The van der Waals surface area contributed by atoms with Crippen molar-refractivity contribution in [1.82, 2.24) is 0 Å². The molecule has 1 saturated heterocycles. The molecular weight excluding hydrogens is 356 g/mol. The molecule has 0 aromatic heterocycles. The van der Waals surface area contributed by atoms with Gasteiger partial charge in [-0.3, -0.25) is 4.18 Å². The third kappa shape index (κ3) is 8.72. The maximum atomic E-state index is 9.22. The predicted molar refractivity (Wildman–Crippen MR) is 107 cm³/mol. The van der Waals surface area contributed by atoms with Crippen molar-refractivity contribution in [2.45, 2.75) is 39.0 Å². The highest BCUT2D eigenvalue weighted by Crippen LogP contribution is 2.29. The minimum Gasteiger partial charge on any atom is -0.726 e. The Kier molecular flexibility index (Phi) is 8.93. The van der Waals surface area contributed by atoms with E-state index < -0.39 is 10.4 Å². The Morgan fingerprint density at radius 3 is 1.96 bits per heavy atom. The van der Waals surface area contributed by atoms with E-state index in [-0.39, 0.29) is 5.41 Å². The monoisotopic (exact) mass is 384 g/mol. The third-order valence-electron chi connectivity index (χ3n) is 3.68. The fourth-order valence-electron chi connectivity index (χ4n) is 2.44. The van der Waals surface area contributed by atoms with Crippen LogP contribution in [0.15, 0.2) is 42.5 Å². The van der Waals surface area contributed by atoms with Gasteiger partial charge in [0.15, 0.2) is 0 Å². The van der Waals surface area contributed by atoms with Crippen LogP contribution in [0.3, 0.4) is 0 Å². The zero-order valence-electron chi connectivity index (χ0n) is 15.4. The molecule has 25 heavy (non-hydrogen) atoms. The maximum absolute atomic E-state index is 9.22. The average molecular weight is 385 g/mol. The topological polar surface area (TPSA) is 66.4 Å². The summed E-state index contributed by atoms with van der Waals surface area (Å²) in [5.41, 5.74) is 1.65. The van der Waals surface area contributed by atoms with Crippen molar-refractivity contribution in [3.05, 3.63) is 48.0 Å². The standard InChI is InChI=1S/C14H16.C4H8S.CH4O4S/c1-14(2,3)13-10-6-8-11-7-4-5-9-12(11)13;1-2-4-5-3-1;1-5-6(2,3)4/h4-10H,1-3H3;1-4H2;1H3,(H,2,3,4).